The Morgan fingerprint density at radius 1 is 1.23 bits per heavy atom. The van der Waals surface area contributed by atoms with Crippen molar-refractivity contribution in [2.75, 3.05) is 7.05 Å². The molecule has 0 unspecified atom stereocenters. The van der Waals surface area contributed by atoms with Gasteiger partial charge in [0, 0.05) is 30.8 Å². The zero-order chi connectivity index (χ0) is 16.3. The van der Waals surface area contributed by atoms with E-state index in [1.54, 1.807) is 26.1 Å². The zero-order valence-corrected chi connectivity index (χ0v) is 12.2. The van der Waals surface area contributed by atoms with Crippen LogP contribution in [0.1, 0.15) is 21.5 Å². The van der Waals surface area contributed by atoms with Crippen molar-refractivity contribution in [3.8, 4) is 0 Å². The number of nitro benzene ring substituents is 1. The monoisotopic (exact) mass is 302 g/mol. The van der Waals surface area contributed by atoms with Gasteiger partial charge in [0.15, 0.2) is 0 Å². The minimum absolute atomic E-state index is 0.0160. The van der Waals surface area contributed by atoms with E-state index in [0.29, 0.717) is 17.7 Å². The SMILES string of the molecule is Cc1cc(C(=O)N(C)Cc2ccc(F)cc2)ccc1[N+](=O)[O-]. The molecule has 0 aliphatic rings. The summed E-state index contributed by atoms with van der Waals surface area (Å²) in [5.74, 6) is -0.578. The molecule has 0 spiro atoms. The fourth-order valence-electron chi connectivity index (χ4n) is 2.15. The van der Waals surface area contributed by atoms with Gasteiger partial charge in [-0.05, 0) is 36.8 Å². The first-order chi connectivity index (χ1) is 10.4. The molecule has 5 nitrogen and oxygen atoms in total. The lowest BCUT2D eigenvalue weighted by Gasteiger charge is -2.17. The Kier molecular flexibility index (Phi) is 4.50. The third kappa shape index (κ3) is 3.46. The van der Waals surface area contributed by atoms with Gasteiger partial charge in [0.2, 0.25) is 0 Å². The molecule has 0 saturated carbocycles. The Balaban J connectivity index is 2.15. The van der Waals surface area contributed by atoms with Crippen molar-refractivity contribution in [3.63, 3.8) is 0 Å². The second-order valence-electron chi connectivity index (χ2n) is 5.05. The van der Waals surface area contributed by atoms with Crippen molar-refractivity contribution in [2.45, 2.75) is 13.5 Å². The summed E-state index contributed by atoms with van der Waals surface area (Å²) in [6, 6.07) is 10.2. The maximum atomic E-state index is 12.9. The highest BCUT2D eigenvalue weighted by molar-refractivity contribution is 5.94. The van der Waals surface area contributed by atoms with Crippen LogP contribution in [0, 0.1) is 22.9 Å². The number of halogens is 1. The van der Waals surface area contributed by atoms with E-state index >= 15 is 0 Å². The minimum Gasteiger partial charge on any atom is -0.337 e. The van der Waals surface area contributed by atoms with Gasteiger partial charge in [-0.15, -0.1) is 0 Å². The number of aryl methyl sites for hydroxylation is 1. The summed E-state index contributed by atoms with van der Waals surface area (Å²) in [5.41, 5.74) is 1.60. The predicted octanol–water partition coefficient (Wildman–Crippen LogP) is 3.31. The molecule has 2 rings (SSSR count). The fraction of sp³-hybridized carbons (Fsp3) is 0.188. The highest BCUT2D eigenvalue weighted by atomic mass is 19.1. The fourth-order valence-corrected chi connectivity index (χ4v) is 2.15. The lowest BCUT2D eigenvalue weighted by atomic mass is 10.1. The summed E-state index contributed by atoms with van der Waals surface area (Å²) in [5, 5.41) is 10.8. The molecule has 0 saturated heterocycles. The van der Waals surface area contributed by atoms with E-state index in [0.717, 1.165) is 5.56 Å². The van der Waals surface area contributed by atoms with Crippen molar-refractivity contribution >= 4 is 11.6 Å². The van der Waals surface area contributed by atoms with E-state index in [1.165, 1.54) is 35.2 Å². The summed E-state index contributed by atoms with van der Waals surface area (Å²) in [7, 11) is 1.63. The molecule has 0 fully saturated rings. The second-order valence-corrected chi connectivity index (χ2v) is 5.05. The Labute approximate surface area is 127 Å². The van der Waals surface area contributed by atoms with Crippen molar-refractivity contribution in [1.29, 1.82) is 0 Å². The van der Waals surface area contributed by atoms with Gasteiger partial charge in [-0.1, -0.05) is 12.1 Å². The average Bonchev–Trinajstić information content (AvgIpc) is 2.48. The molecular weight excluding hydrogens is 287 g/mol. The quantitative estimate of drug-likeness (QED) is 0.643. The van der Waals surface area contributed by atoms with E-state index in [1.807, 2.05) is 0 Å². The molecule has 0 bridgehead atoms. The van der Waals surface area contributed by atoms with Crippen LogP contribution in [0.5, 0.6) is 0 Å². The molecule has 114 valence electrons. The van der Waals surface area contributed by atoms with E-state index in [-0.39, 0.29) is 17.4 Å². The lowest BCUT2D eigenvalue weighted by molar-refractivity contribution is -0.385. The highest BCUT2D eigenvalue weighted by Gasteiger charge is 2.16. The number of carbonyl (C=O) groups is 1. The number of carbonyl (C=O) groups excluding carboxylic acids is 1. The van der Waals surface area contributed by atoms with Crippen LogP contribution in [0.4, 0.5) is 10.1 Å². The molecule has 0 aliphatic heterocycles. The third-order valence-electron chi connectivity index (χ3n) is 3.32. The van der Waals surface area contributed by atoms with Crippen molar-refractivity contribution in [3.05, 3.63) is 75.1 Å². The normalized spacial score (nSPS) is 10.3. The van der Waals surface area contributed by atoms with E-state index in [2.05, 4.69) is 0 Å². The topological polar surface area (TPSA) is 63.5 Å². The minimum atomic E-state index is -0.480. The smallest absolute Gasteiger partial charge is 0.272 e. The van der Waals surface area contributed by atoms with Crippen LogP contribution < -0.4 is 0 Å². The molecule has 2 aromatic rings. The Morgan fingerprint density at radius 2 is 1.86 bits per heavy atom. The molecule has 6 heteroatoms. The second kappa shape index (κ2) is 6.34. The van der Waals surface area contributed by atoms with Crippen LogP contribution in [0.3, 0.4) is 0 Å². The van der Waals surface area contributed by atoms with Gasteiger partial charge in [-0.3, -0.25) is 14.9 Å². The number of rotatable bonds is 4. The largest absolute Gasteiger partial charge is 0.337 e. The van der Waals surface area contributed by atoms with Gasteiger partial charge in [-0.2, -0.15) is 0 Å². The molecule has 0 radical (unpaired) electrons. The Bertz CT molecular complexity index is 714. The summed E-state index contributed by atoms with van der Waals surface area (Å²) in [6.07, 6.45) is 0. The first-order valence-corrected chi connectivity index (χ1v) is 6.63. The van der Waals surface area contributed by atoms with Crippen molar-refractivity contribution < 1.29 is 14.1 Å². The number of nitro groups is 1. The number of hydrogen-bond acceptors (Lipinski definition) is 3. The Morgan fingerprint density at radius 3 is 2.41 bits per heavy atom. The third-order valence-corrected chi connectivity index (χ3v) is 3.32. The van der Waals surface area contributed by atoms with Crippen LogP contribution in [0.15, 0.2) is 42.5 Å². The zero-order valence-electron chi connectivity index (χ0n) is 12.2. The van der Waals surface area contributed by atoms with Gasteiger partial charge >= 0.3 is 0 Å². The standard InChI is InChI=1S/C16H15FN2O3/c1-11-9-13(5-8-15(11)19(21)22)16(20)18(2)10-12-3-6-14(17)7-4-12/h3-9H,10H2,1-2H3. The maximum Gasteiger partial charge on any atom is 0.272 e. The van der Waals surface area contributed by atoms with Gasteiger partial charge < -0.3 is 4.90 Å². The number of amides is 1. The van der Waals surface area contributed by atoms with Crippen molar-refractivity contribution in [2.24, 2.45) is 0 Å². The van der Waals surface area contributed by atoms with Gasteiger partial charge in [0.1, 0.15) is 5.82 Å². The summed E-state index contributed by atoms with van der Waals surface area (Å²) < 4.78 is 12.9. The molecule has 0 aliphatic carbocycles. The van der Waals surface area contributed by atoms with Crippen molar-refractivity contribution in [1.82, 2.24) is 4.90 Å². The summed E-state index contributed by atoms with van der Waals surface area (Å²) >= 11 is 0. The predicted molar refractivity (Wildman–Crippen MR) is 80.0 cm³/mol. The maximum absolute atomic E-state index is 12.9. The molecule has 0 heterocycles. The van der Waals surface area contributed by atoms with Gasteiger partial charge in [0.25, 0.3) is 11.6 Å². The lowest BCUT2D eigenvalue weighted by Crippen LogP contribution is -2.26. The Hall–Kier alpha value is -2.76. The van der Waals surface area contributed by atoms with Crippen LogP contribution in [0.25, 0.3) is 0 Å². The number of nitrogens with zero attached hydrogens (tertiary/aromatic N) is 2. The van der Waals surface area contributed by atoms with Gasteiger partial charge in [0.05, 0.1) is 4.92 Å². The van der Waals surface area contributed by atoms with Crippen LogP contribution >= 0.6 is 0 Å². The highest BCUT2D eigenvalue weighted by Crippen LogP contribution is 2.20. The van der Waals surface area contributed by atoms with Crippen LogP contribution in [-0.4, -0.2) is 22.8 Å². The summed E-state index contributed by atoms with van der Waals surface area (Å²) in [4.78, 5) is 24.1. The van der Waals surface area contributed by atoms with E-state index < -0.39 is 4.92 Å². The van der Waals surface area contributed by atoms with E-state index in [9.17, 15) is 19.3 Å². The van der Waals surface area contributed by atoms with Crippen LogP contribution in [0.2, 0.25) is 0 Å². The first-order valence-electron chi connectivity index (χ1n) is 6.63. The molecule has 1 amide bonds. The molecular formula is C16H15FN2O3. The molecule has 22 heavy (non-hydrogen) atoms. The van der Waals surface area contributed by atoms with E-state index in [4.69, 9.17) is 0 Å². The number of benzene rings is 2. The molecule has 0 atom stereocenters. The number of hydrogen-bond donors (Lipinski definition) is 0. The average molecular weight is 302 g/mol. The molecule has 2 aromatic carbocycles. The van der Waals surface area contributed by atoms with Gasteiger partial charge in [-0.25, -0.2) is 4.39 Å². The van der Waals surface area contributed by atoms with Crippen LogP contribution in [-0.2, 0) is 6.54 Å². The molecule has 0 aromatic heterocycles. The summed E-state index contributed by atoms with van der Waals surface area (Å²) in [6.45, 7) is 1.92. The first kappa shape index (κ1) is 15.6. The molecule has 0 N–H and O–H groups in total.